The first-order valence-corrected chi connectivity index (χ1v) is 11.3. The summed E-state index contributed by atoms with van der Waals surface area (Å²) in [6.07, 6.45) is 0. The normalized spacial score (nSPS) is 12.6. The number of fused-ring (bicyclic) bond motifs is 3. The van der Waals surface area contributed by atoms with E-state index in [-0.39, 0.29) is 0 Å². The number of methoxy groups -OCH3 is 3. The molecule has 0 radical (unpaired) electrons. The van der Waals surface area contributed by atoms with Crippen molar-refractivity contribution in [3.63, 3.8) is 0 Å². The smallest absolute Gasteiger partial charge is 0.127 e. The largest absolute Gasteiger partial charge is 0.496 e. The fraction of sp³-hybridized carbons (Fsp3) is 0.200. The summed E-state index contributed by atoms with van der Waals surface area (Å²) >= 11 is 0. The molecule has 0 saturated carbocycles. The van der Waals surface area contributed by atoms with Gasteiger partial charge in [-0.2, -0.15) is 0 Å². The zero-order chi connectivity index (χ0) is 23.4. The van der Waals surface area contributed by atoms with Crippen molar-refractivity contribution in [3.05, 3.63) is 113 Å². The minimum atomic E-state index is -0.611. The highest BCUT2D eigenvalue weighted by atomic mass is 16.5. The predicted octanol–water partition coefficient (Wildman–Crippen LogP) is 7.10. The lowest BCUT2D eigenvalue weighted by atomic mass is 9.67. The average Bonchev–Trinajstić information content (AvgIpc) is 3.23. The van der Waals surface area contributed by atoms with Crippen molar-refractivity contribution in [2.75, 3.05) is 21.3 Å². The van der Waals surface area contributed by atoms with Gasteiger partial charge in [-0.15, -0.1) is 0 Å². The third-order valence-electron chi connectivity index (χ3n) is 6.25. The summed E-state index contributed by atoms with van der Waals surface area (Å²) < 4.78 is 17.8. The van der Waals surface area contributed by atoms with E-state index in [0.717, 1.165) is 50.6 Å². The van der Waals surface area contributed by atoms with Gasteiger partial charge in [-0.05, 0) is 34.9 Å². The van der Waals surface area contributed by atoms with Gasteiger partial charge < -0.3 is 14.2 Å². The van der Waals surface area contributed by atoms with Gasteiger partial charge in [0.1, 0.15) is 17.2 Å². The lowest BCUT2D eigenvalue weighted by molar-refractivity contribution is 0.393. The molecule has 1 aliphatic rings. The second-order valence-electron chi connectivity index (χ2n) is 7.58. The maximum absolute atomic E-state index is 5.96. The summed E-state index contributed by atoms with van der Waals surface area (Å²) in [6, 6.07) is 31.3. The molecule has 4 aromatic rings. The van der Waals surface area contributed by atoms with Crippen LogP contribution in [0.25, 0.3) is 11.1 Å². The summed E-state index contributed by atoms with van der Waals surface area (Å²) in [6.45, 7) is 4.00. The molecule has 0 saturated heterocycles. The van der Waals surface area contributed by atoms with Crippen molar-refractivity contribution in [1.29, 1.82) is 0 Å². The molecule has 0 unspecified atom stereocenters. The second kappa shape index (κ2) is 9.41. The molecular weight excluding hydrogens is 408 g/mol. The number of hydrogen-bond donors (Lipinski definition) is 0. The predicted molar refractivity (Wildman–Crippen MR) is 135 cm³/mol. The first-order valence-electron chi connectivity index (χ1n) is 11.3. The Labute approximate surface area is 196 Å². The third-order valence-corrected chi connectivity index (χ3v) is 6.25. The van der Waals surface area contributed by atoms with E-state index in [2.05, 4.69) is 54.6 Å². The van der Waals surface area contributed by atoms with Crippen LogP contribution in [-0.2, 0) is 5.41 Å². The highest BCUT2D eigenvalue weighted by Crippen LogP contribution is 2.63. The molecule has 3 heteroatoms. The molecule has 33 heavy (non-hydrogen) atoms. The van der Waals surface area contributed by atoms with E-state index in [1.54, 1.807) is 21.3 Å². The van der Waals surface area contributed by atoms with Crippen LogP contribution in [0.3, 0.4) is 0 Å². The van der Waals surface area contributed by atoms with Crippen LogP contribution in [0.2, 0.25) is 0 Å². The SMILES string of the molecule is CC.COc1ccc(OC)c2c1-c1cccc(OC)c1C2(c1ccccc1)c1ccccc1. The number of rotatable bonds is 5. The number of benzene rings is 4. The first kappa shape index (κ1) is 22.5. The maximum Gasteiger partial charge on any atom is 0.127 e. The van der Waals surface area contributed by atoms with Crippen molar-refractivity contribution in [1.82, 2.24) is 0 Å². The van der Waals surface area contributed by atoms with Crippen LogP contribution in [0.5, 0.6) is 17.2 Å². The van der Waals surface area contributed by atoms with Gasteiger partial charge in [-0.25, -0.2) is 0 Å². The summed E-state index contributed by atoms with van der Waals surface area (Å²) in [5.41, 5.74) is 6.01. The van der Waals surface area contributed by atoms with Crippen molar-refractivity contribution in [2.24, 2.45) is 0 Å². The van der Waals surface area contributed by atoms with Crippen LogP contribution in [0.15, 0.2) is 91.0 Å². The van der Waals surface area contributed by atoms with Crippen LogP contribution in [0.1, 0.15) is 36.1 Å². The van der Waals surface area contributed by atoms with Crippen LogP contribution in [0, 0.1) is 0 Å². The quantitative estimate of drug-likeness (QED) is 0.293. The Morgan fingerprint density at radius 2 is 0.970 bits per heavy atom. The molecule has 0 aromatic heterocycles. The van der Waals surface area contributed by atoms with Crippen molar-refractivity contribution >= 4 is 0 Å². The van der Waals surface area contributed by atoms with Crippen molar-refractivity contribution in [3.8, 4) is 28.4 Å². The molecular formula is C30H30O3. The summed E-state index contributed by atoms with van der Waals surface area (Å²) in [4.78, 5) is 0. The van der Waals surface area contributed by atoms with Crippen LogP contribution >= 0.6 is 0 Å². The molecule has 3 nitrogen and oxygen atoms in total. The van der Waals surface area contributed by atoms with E-state index >= 15 is 0 Å². The van der Waals surface area contributed by atoms with Gasteiger partial charge in [0.2, 0.25) is 0 Å². The van der Waals surface area contributed by atoms with E-state index < -0.39 is 5.41 Å². The minimum absolute atomic E-state index is 0.611. The Morgan fingerprint density at radius 3 is 1.48 bits per heavy atom. The molecule has 0 heterocycles. The highest BCUT2D eigenvalue weighted by Gasteiger charge is 2.51. The molecule has 0 aliphatic heterocycles. The van der Waals surface area contributed by atoms with Crippen LogP contribution in [0.4, 0.5) is 0 Å². The molecule has 168 valence electrons. The zero-order valence-electron chi connectivity index (χ0n) is 19.9. The van der Waals surface area contributed by atoms with E-state index in [9.17, 15) is 0 Å². The molecule has 4 aromatic carbocycles. The van der Waals surface area contributed by atoms with Gasteiger partial charge in [0.25, 0.3) is 0 Å². The Kier molecular flexibility index (Phi) is 6.41. The summed E-state index contributed by atoms with van der Waals surface area (Å²) in [7, 11) is 5.17. The Morgan fingerprint density at radius 1 is 0.485 bits per heavy atom. The molecule has 0 amide bonds. The molecule has 0 bridgehead atoms. The molecule has 0 spiro atoms. The third kappa shape index (κ3) is 3.27. The fourth-order valence-corrected chi connectivity index (χ4v) is 5.09. The highest BCUT2D eigenvalue weighted by molar-refractivity contribution is 5.93. The minimum Gasteiger partial charge on any atom is -0.496 e. The van der Waals surface area contributed by atoms with E-state index in [1.165, 1.54) is 0 Å². The second-order valence-corrected chi connectivity index (χ2v) is 7.58. The number of ether oxygens (including phenoxy) is 3. The number of hydrogen-bond acceptors (Lipinski definition) is 3. The molecule has 1 aliphatic carbocycles. The fourth-order valence-electron chi connectivity index (χ4n) is 5.09. The Hall–Kier alpha value is -3.72. The van der Waals surface area contributed by atoms with Gasteiger partial charge in [-0.3, -0.25) is 0 Å². The van der Waals surface area contributed by atoms with Gasteiger partial charge in [0.05, 0.1) is 26.7 Å². The van der Waals surface area contributed by atoms with Crippen LogP contribution in [-0.4, -0.2) is 21.3 Å². The average molecular weight is 439 g/mol. The van der Waals surface area contributed by atoms with E-state index in [0.29, 0.717) is 0 Å². The van der Waals surface area contributed by atoms with E-state index in [4.69, 9.17) is 14.2 Å². The zero-order valence-corrected chi connectivity index (χ0v) is 19.9. The van der Waals surface area contributed by atoms with Gasteiger partial charge in [0, 0.05) is 16.7 Å². The van der Waals surface area contributed by atoms with Gasteiger partial charge >= 0.3 is 0 Å². The monoisotopic (exact) mass is 438 g/mol. The molecule has 5 rings (SSSR count). The summed E-state index contributed by atoms with van der Waals surface area (Å²) in [5.74, 6) is 2.48. The van der Waals surface area contributed by atoms with Gasteiger partial charge in [0.15, 0.2) is 0 Å². The lowest BCUT2D eigenvalue weighted by Crippen LogP contribution is -2.29. The van der Waals surface area contributed by atoms with E-state index in [1.807, 2.05) is 50.2 Å². The maximum atomic E-state index is 5.96. The van der Waals surface area contributed by atoms with Gasteiger partial charge in [-0.1, -0.05) is 86.6 Å². The molecule has 0 atom stereocenters. The van der Waals surface area contributed by atoms with Crippen molar-refractivity contribution < 1.29 is 14.2 Å². The Balaban J connectivity index is 0.00000126. The summed E-state index contributed by atoms with van der Waals surface area (Å²) in [5, 5.41) is 0. The van der Waals surface area contributed by atoms with Crippen molar-refractivity contribution in [2.45, 2.75) is 19.3 Å². The molecule has 0 N–H and O–H groups in total. The van der Waals surface area contributed by atoms with Crippen LogP contribution < -0.4 is 14.2 Å². The Bertz CT molecular complexity index is 1190. The topological polar surface area (TPSA) is 27.7 Å². The standard InChI is InChI=1S/C28H24O3.C2H6/c1-29-22-17-18-24(31-3)27-25(22)21-15-10-16-23(30-2)26(21)28(27,19-11-6-4-7-12-19)20-13-8-5-9-14-20;1-2/h4-18H,1-3H3;1-2H3. The lowest BCUT2D eigenvalue weighted by Gasteiger charge is -2.35. The first-order chi connectivity index (χ1) is 16.3. The molecule has 0 fully saturated rings.